The summed E-state index contributed by atoms with van der Waals surface area (Å²) in [6.07, 6.45) is 5.60. The van der Waals surface area contributed by atoms with Gasteiger partial charge >= 0.3 is 0 Å². The van der Waals surface area contributed by atoms with Crippen LogP contribution in [0.15, 0.2) is 12.4 Å². The second kappa shape index (κ2) is 4.23. The van der Waals surface area contributed by atoms with Gasteiger partial charge in [0.05, 0.1) is 6.20 Å². The largest absolute Gasteiger partial charge is 0.352 e. The maximum absolute atomic E-state index is 11.6. The van der Waals surface area contributed by atoms with Crippen molar-refractivity contribution < 1.29 is 4.79 Å². The number of amides is 1. The van der Waals surface area contributed by atoms with Crippen LogP contribution in [0.1, 0.15) is 30.7 Å². The van der Waals surface area contributed by atoms with E-state index in [-0.39, 0.29) is 5.91 Å². The molecule has 1 atom stereocenters. The highest BCUT2D eigenvalue weighted by Gasteiger charge is 2.27. The molecule has 0 aliphatic heterocycles. The fraction of sp³-hybridized carbons (Fsp3) is 0.600. The number of halogens is 1. The Morgan fingerprint density at radius 1 is 1.80 bits per heavy atom. The van der Waals surface area contributed by atoms with Crippen LogP contribution in [0, 0.1) is 0 Å². The summed E-state index contributed by atoms with van der Waals surface area (Å²) in [4.78, 5) is 11.6. The molecule has 0 radical (unpaired) electrons. The number of rotatable bonds is 4. The predicted molar refractivity (Wildman–Crippen MR) is 57.7 cm³/mol. The third-order valence-electron chi connectivity index (χ3n) is 2.42. The number of nitrogens with zero attached hydrogens (tertiary/aromatic N) is 2. The number of nitrogens with one attached hydrogen (secondary N) is 1. The lowest BCUT2D eigenvalue weighted by atomic mass is 10.2. The molecular formula is C10H14ClN3O. The van der Waals surface area contributed by atoms with Crippen molar-refractivity contribution >= 4 is 17.5 Å². The minimum atomic E-state index is -0.620. The molecule has 1 aromatic rings. The molecule has 82 valence electrons. The van der Waals surface area contributed by atoms with Gasteiger partial charge in [-0.15, -0.1) is 11.6 Å². The highest BCUT2D eigenvalue weighted by Crippen LogP contribution is 2.24. The number of alkyl halides is 1. The molecule has 1 amide bonds. The Bertz CT molecular complexity index is 359. The summed E-state index contributed by atoms with van der Waals surface area (Å²) >= 11 is 6.03. The average Bonchev–Trinajstić information content (AvgIpc) is 2.92. The van der Waals surface area contributed by atoms with Crippen LogP contribution >= 0.6 is 11.6 Å². The highest BCUT2D eigenvalue weighted by molar-refractivity contribution is 6.30. The SMILES string of the molecule is CCn1cc(C(Cl)C(=O)NC2CC2)cn1. The number of aromatic nitrogens is 2. The van der Waals surface area contributed by atoms with Crippen LogP contribution in [-0.4, -0.2) is 21.7 Å². The van der Waals surface area contributed by atoms with Crippen LogP contribution in [0.3, 0.4) is 0 Å². The third kappa shape index (κ3) is 2.50. The summed E-state index contributed by atoms with van der Waals surface area (Å²) in [5.74, 6) is -0.116. The molecule has 0 spiro atoms. The van der Waals surface area contributed by atoms with Gasteiger partial charge in [0.25, 0.3) is 0 Å². The third-order valence-corrected chi connectivity index (χ3v) is 2.87. The molecule has 1 aliphatic rings. The van der Waals surface area contributed by atoms with E-state index in [2.05, 4.69) is 10.4 Å². The number of carbonyl (C=O) groups is 1. The monoisotopic (exact) mass is 227 g/mol. The molecule has 4 nitrogen and oxygen atoms in total. The number of hydrogen-bond donors (Lipinski definition) is 1. The van der Waals surface area contributed by atoms with Crippen LogP contribution in [0.25, 0.3) is 0 Å². The average molecular weight is 228 g/mol. The fourth-order valence-corrected chi connectivity index (χ4v) is 1.51. The van der Waals surface area contributed by atoms with Crippen LogP contribution in [0.4, 0.5) is 0 Å². The molecule has 5 heteroatoms. The minimum absolute atomic E-state index is 0.116. The van der Waals surface area contributed by atoms with Crippen molar-refractivity contribution in [3.05, 3.63) is 18.0 Å². The maximum atomic E-state index is 11.6. The summed E-state index contributed by atoms with van der Waals surface area (Å²) in [5.41, 5.74) is 0.761. The van der Waals surface area contributed by atoms with Crippen LogP contribution in [0.5, 0.6) is 0 Å². The van der Waals surface area contributed by atoms with Gasteiger partial charge in [-0.2, -0.15) is 5.10 Å². The molecule has 0 saturated heterocycles. The Balaban J connectivity index is 1.98. The smallest absolute Gasteiger partial charge is 0.242 e. The highest BCUT2D eigenvalue weighted by atomic mass is 35.5. The standard InChI is InChI=1S/C10H14ClN3O/c1-2-14-6-7(5-12-14)9(11)10(15)13-8-3-4-8/h5-6,8-9H,2-4H2,1H3,(H,13,15). The predicted octanol–water partition coefficient (Wildman–Crippen LogP) is 1.46. The molecule has 1 N–H and O–H groups in total. The van der Waals surface area contributed by atoms with E-state index >= 15 is 0 Å². The lowest BCUT2D eigenvalue weighted by molar-refractivity contribution is -0.121. The van der Waals surface area contributed by atoms with E-state index in [1.54, 1.807) is 10.9 Å². The molecule has 1 heterocycles. The molecule has 1 aliphatic carbocycles. The molecule has 1 unspecified atom stereocenters. The van der Waals surface area contributed by atoms with E-state index in [4.69, 9.17) is 11.6 Å². The van der Waals surface area contributed by atoms with E-state index in [0.717, 1.165) is 24.9 Å². The first-order chi connectivity index (χ1) is 7.20. The van der Waals surface area contributed by atoms with Gasteiger partial charge in [-0.1, -0.05) is 0 Å². The van der Waals surface area contributed by atoms with Crippen molar-refractivity contribution in [3.8, 4) is 0 Å². The van der Waals surface area contributed by atoms with Gasteiger partial charge in [0.1, 0.15) is 5.38 Å². The molecule has 1 aromatic heterocycles. The molecule has 2 rings (SSSR count). The van der Waals surface area contributed by atoms with E-state index in [1.807, 2.05) is 13.1 Å². The van der Waals surface area contributed by atoms with Crippen LogP contribution in [-0.2, 0) is 11.3 Å². The van der Waals surface area contributed by atoms with Crippen molar-refractivity contribution in [1.29, 1.82) is 0 Å². The summed E-state index contributed by atoms with van der Waals surface area (Å²) in [6.45, 7) is 2.78. The van der Waals surface area contributed by atoms with E-state index in [0.29, 0.717) is 6.04 Å². The molecule has 1 saturated carbocycles. The van der Waals surface area contributed by atoms with E-state index in [1.165, 1.54) is 0 Å². The Morgan fingerprint density at radius 3 is 3.07 bits per heavy atom. The first-order valence-electron chi connectivity index (χ1n) is 5.17. The summed E-state index contributed by atoms with van der Waals surface area (Å²) in [7, 11) is 0. The summed E-state index contributed by atoms with van der Waals surface area (Å²) in [6, 6.07) is 0.347. The van der Waals surface area contributed by atoms with E-state index in [9.17, 15) is 4.79 Å². The topological polar surface area (TPSA) is 46.9 Å². The number of carbonyl (C=O) groups excluding carboxylic acids is 1. The Morgan fingerprint density at radius 2 is 2.53 bits per heavy atom. The zero-order valence-electron chi connectivity index (χ0n) is 8.61. The summed E-state index contributed by atoms with van der Waals surface area (Å²) < 4.78 is 1.76. The molecule has 1 fully saturated rings. The van der Waals surface area contributed by atoms with E-state index < -0.39 is 5.38 Å². The number of hydrogen-bond acceptors (Lipinski definition) is 2. The Labute approximate surface area is 93.6 Å². The number of aryl methyl sites for hydroxylation is 1. The van der Waals surface area contributed by atoms with Crippen LogP contribution < -0.4 is 5.32 Å². The van der Waals surface area contributed by atoms with Crippen molar-refractivity contribution in [2.24, 2.45) is 0 Å². The molecule has 0 aromatic carbocycles. The Hall–Kier alpha value is -1.03. The van der Waals surface area contributed by atoms with Crippen molar-refractivity contribution in [1.82, 2.24) is 15.1 Å². The van der Waals surface area contributed by atoms with Crippen molar-refractivity contribution in [2.45, 2.75) is 37.7 Å². The van der Waals surface area contributed by atoms with Gasteiger partial charge < -0.3 is 5.32 Å². The quantitative estimate of drug-likeness (QED) is 0.792. The molecule has 15 heavy (non-hydrogen) atoms. The lowest BCUT2D eigenvalue weighted by Crippen LogP contribution is -2.28. The fourth-order valence-electron chi connectivity index (χ4n) is 1.34. The van der Waals surface area contributed by atoms with Gasteiger partial charge in [0.2, 0.25) is 5.91 Å². The second-order valence-corrected chi connectivity index (χ2v) is 4.21. The van der Waals surface area contributed by atoms with Crippen molar-refractivity contribution in [3.63, 3.8) is 0 Å². The van der Waals surface area contributed by atoms with Gasteiger partial charge in [0.15, 0.2) is 0 Å². The zero-order valence-corrected chi connectivity index (χ0v) is 9.37. The van der Waals surface area contributed by atoms with Crippen molar-refractivity contribution in [2.75, 3.05) is 0 Å². The zero-order chi connectivity index (χ0) is 10.8. The molecule has 0 bridgehead atoms. The molecular weight excluding hydrogens is 214 g/mol. The first-order valence-corrected chi connectivity index (χ1v) is 5.61. The Kier molecular flexibility index (Phi) is 2.95. The van der Waals surface area contributed by atoms with Crippen LogP contribution in [0.2, 0.25) is 0 Å². The van der Waals surface area contributed by atoms with Gasteiger partial charge in [0, 0.05) is 24.3 Å². The maximum Gasteiger partial charge on any atom is 0.242 e. The normalized spacial score (nSPS) is 17.5. The first kappa shape index (κ1) is 10.5. The summed E-state index contributed by atoms with van der Waals surface area (Å²) in [5, 5.41) is 6.34. The van der Waals surface area contributed by atoms with Gasteiger partial charge in [-0.25, -0.2) is 0 Å². The second-order valence-electron chi connectivity index (χ2n) is 3.77. The minimum Gasteiger partial charge on any atom is -0.352 e. The van der Waals surface area contributed by atoms with Gasteiger partial charge in [-0.3, -0.25) is 9.48 Å². The lowest BCUT2D eigenvalue weighted by Gasteiger charge is -2.07. The van der Waals surface area contributed by atoms with Gasteiger partial charge in [-0.05, 0) is 19.8 Å².